The largest absolute Gasteiger partial charge is 0.447 e. The fourth-order valence-corrected chi connectivity index (χ4v) is 3.61. The minimum atomic E-state index is -0.282. The van der Waals surface area contributed by atoms with E-state index in [1.165, 1.54) is 0 Å². The molecular weight excluding hydrogens is 340 g/mol. The first-order valence-corrected chi connectivity index (χ1v) is 9.20. The number of pyridine rings is 1. The molecule has 6 nitrogen and oxygen atoms in total. The van der Waals surface area contributed by atoms with Gasteiger partial charge >= 0.3 is 6.09 Å². The fourth-order valence-electron chi connectivity index (χ4n) is 3.61. The molecule has 0 bridgehead atoms. The lowest BCUT2D eigenvalue weighted by atomic mass is 10.0. The van der Waals surface area contributed by atoms with Crippen molar-refractivity contribution >= 4 is 23.1 Å². The number of nitrogens with one attached hydrogen (secondary N) is 1. The van der Waals surface area contributed by atoms with E-state index in [1.54, 1.807) is 4.90 Å². The van der Waals surface area contributed by atoms with Crippen LogP contribution in [0.25, 0.3) is 5.65 Å². The molecule has 0 radical (unpaired) electrons. The number of aryl methyl sites for hydroxylation is 3. The van der Waals surface area contributed by atoms with Crippen LogP contribution in [-0.4, -0.2) is 28.1 Å². The van der Waals surface area contributed by atoms with Crippen LogP contribution < -0.4 is 10.2 Å². The van der Waals surface area contributed by atoms with Gasteiger partial charge in [0.25, 0.3) is 0 Å². The Bertz CT molecular complexity index is 1020. The molecule has 27 heavy (non-hydrogen) atoms. The van der Waals surface area contributed by atoms with Gasteiger partial charge in [0, 0.05) is 18.4 Å². The minimum Gasteiger partial charge on any atom is -0.447 e. The number of ether oxygens (including phenoxy) is 1. The Hall–Kier alpha value is -3.02. The molecule has 2 aromatic heterocycles. The van der Waals surface area contributed by atoms with Crippen molar-refractivity contribution in [3.63, 3.8) is 0 Å². The second kappa shape index (κ2) is 6.61. The lowest BCUT2D eigenvalue weighted by molar-refractivity contribution is 0.179. The van der Waals surface area contributed by atoms with Crippen LogP contribution in [-0.2, 0) is 11.3 Å². The Morgan fingerprint density at radius 3 is 2.78 bits per heavy atom. The molecule has 1 aromatic carbocycles. The molecule has 1 aliphatic rings. The Morgan fingerprint density at radius 2 is 2.04 bits per heavy atom. The van der Waals surface area contributed by atoms with E-state index in [2.05, 4.69) is 34.6 Å². The molecule has 1 N–H and O–H groups in total. The number of fused-ring (bicyclic) bond motifs is 1. The quantitative estimate of drug-likeness (QED) is 0.753. The first-order valence-electron chi connectivity index (χ1n) is 9.20. The number of carbonyl (C=O) groups excluding carboxylic acids is 1. The Kier molecular flexibility index (Phi) is 4.26. The normalized spacial score (nSPS) is 16.8. The number of cyclic esters (lactones) is 1. The average Bonchev–Trinajstić information content (AvgIpc) is 3.13. The van der Waals surface area contributed by atoms with E-state index in [-0.39, 0.29) is 12.1 Å². The number of anilines is 2. The van der Waals surface area contributed by atoms with Crippen LogP contribution in [0.1, 0.15) is 29.4 Å². The highest BCUT2D eigenvalue weighted by molar-refractivity contribution is 5.91. The molecule has 1 unspecified atom stereocenters. The fraction of sp³-hybridized carbons (Fsp3) is 0.333. The van der Waals surface area contributed by atoms with Gasteiger partial charge in [-0.25, -0.2) is 9.78 Å². The minimum absolute atomic E-state index is 0.0269. The topological polar surface area (TPSA) is 58.9 Å². The van der Waals surface area contributed by atoms with Gasteiger partial charge in [0.15, 0.2) is 5.65 Å². The first kappa shape index (κ1) is 17.4. The lowest BCUT2D eigenvalue weighted by Crippen LogP contribution is -2.32. The van der Waals surface area contributed by atoms with Crippen LogP contribution in [0.3, 0.4) is 0 Å². The number of imidazole rings is 1. The maximum atomic E-state index is 12.2. The van der Waals surface area contributed by atoms with Crippen LogP contribution in [0.2, 0.25) is 0 Å². The zero-order valence-corrected chi connectivity index (χ0v) is 16.1. The van der Waals surface area contributed by atoms with Crippen molar-refractivity contribution in [3.8, 4) is 0 Å². The summed E-state index contributed by atoms with van der Waals surface area (Å²) < 4.78 is 7.31. The van der Waals surface area contributed by atoms with Crippen molar-refractivity contribution in [2.45, 2.75) is 40.3 Å². The molecule has 3 aromatic rings. The van der Waals surface area contributed by atoms with E-state index in [0.717, 1.165) is 39.5 Å². The molecule has 1 atom stereocenters. The number of benzene rings is 1. The van der Waals surface area contributed by atoms with Gasteiger partial charge < -0.3 is 14.5 Å². The van der Waals surface area contributed by atoms with E-state index in [9.17, 15) is 4.79 Å². The molecule has 1 aliphatic heterocycles. The monoisotopic (exact) mass is 364 g/mol. The molecule has 0 spiro atoms. The smallest absolute Gasteiger partial charge is 0.414 e. The summed E-state index contributed by atoms with van der Waals surface area (Å²) >= 11 is 0. The highest BCUT2D eigenvalue weighted by Crippen LogP contribution is 2.30. The van der Waals surface area contributed by atoms with Gasteiger partial charge in [-0.15, -0.1) is 0 Å². The van der Waals surface area contributed by atoms with Crippen molar-refractivity contribution in [3.05, 3.63) is 59.0 Å². The van der Waals surface area contributed by atoms with Gasteiger partial charge in [-0.3, -0.25) is 4.90 Å². The highest BCUT2D eigenvalue weighted by Gasteiger charge is 2.32. The predicted octanol–water partition coefficient (Wildman–Crippen LogP) is 4.22. The van der Waals surface area contributed by atoms with Crippen molar-refractivity contribution in [1.82, 2.24) is 9.38 Å². The molecule has 1 saturated heterocycles. The molecule has 0 saturated carbocycles. The zero-order valence-electron chi connectivity index (χ0n) is 16.1. The highest BCUT2D eigenvalue weighted by atomic mass is 16.6. The number of rotatable bonds is 4. The number of hydrogen-bond acceptors (Lipinski definition) is 4. The van der Waals surface area contributed by atoms with Crippen LogP contribution in [0, 0.1) is 20.8 Å². The van der Waals surface area contributed by atoms with Crippen molar-refractivity contribution in [2.75, 3.05) is 16.8 Å². The summed E-state index contributed by atoms with van der Waals surface area (Å²) in [6.07, 6.45) is 1.74. The first-order chi connectivity index (χ1) is 13.0. The number of amides is 1. The second-order valence-corrected chi connectivity index (χ2v) is 7.12. The predicted molar refractivity (Wildman–Crippen MR) is 106 cm³/mol. The van der Waals surface area contributed by atoms with Gasteiger partial charge in [0.05, 0.1) is 23.1 Å². The molecule has 4 rings (SSSR count). The Balaban J connectivity index is 1.68. The van der Waals surface area contributed by atoms with Gasteiger partial charge in [0.2, 0.25) is 0 Å². The number of nitrogens with zero attached hydrogens (tertiary/aromatic N) is 3. The number of aromatic nitrogens is 2. The third-order valence-electron chi connectivity index (χ3n) is 5.31. The summed E-state index contributed by atoms with van der Waals surface area (Å²) in [4.78, 5) is 18.6. The van der Waals surface area contributed by atoms with Gasteiger partial charge in [0.1, 0.15) is 6.61 Å². The summed E-state index contributed by atoms with van der Waals surface area (Å²) in [7, 11) is 0. The molecule has 140 valence electrons. The van der Waals surface area contributed by atoms with Crippen molar-refractivity contribution < 1.29 is 9.53 Å². The third kappa shape index (κ3) is 2.91. The maximum Gasteiger partial charge on any atom is 0.414 e. The van der Waals surface area contributed by atoms with E-state index in [0.29, 0.717) is 13.2 Å². The van der Waals surface area contributed by atoms with Gasteiger partial charge in [-0.05, 0) is 57.0 Å². The molecule has 0 aliphatic carbocycles. The summed E-state index contributed by atoms with van der Waals surface area (Å²) in [5, 5.41) is 3.52. The summed E-state index contributed by atoms with van der Waals surface area (Å²) in [5.74, 6) is 0. The lowest BCUT2D eigenvalue weighted by Gasteiger charge is -2.23. The van der Waals surface area contributed by atoms with Gasteiger partial charge in [-0.2, -0.15) is 0 Å². The average molecular weight is 364 g/mol. The Labute approximate surface area is 158 Å². The van der Waals surface area contributed by atoms with Gasteiger partial charge in [-0.1, -0.05) is 12.1 Å². The Morgan fingerprint density at radius 1 is 1.22 bits per heavy atom. The maximum absolute atomic E-state index is 12.2. The summed E-state index contributed by atoms with van der Waals surface area (Å²) in [6, 6.07) is 10.1. The number of hydrogen-bond donors (Lipinski definition) is 1. The third-order valence-corrected chi connectivity index (χ3v) is 5.31. The standard InChI is InChI=1S/C21H24N4O2/c1-13-7-5-9-19(25-14(2)12-27-21(25)26)17(13)11-22-18-8-6-10-24-16(4)15(3)23-20(18)24/h5-10,14,22H,11-12H2,1-4H3. The number of carbonyl (C=O) groups is 1. The van der Waals surface area contributed by atoms with E-state index < -0.39 is 0 Å². The van der Waals surface area contributed by atoms with Crippen molar-refractivity contribution in [1.29, 1.82) is 0 Å². The molecule has 3 heterocycles. The van der Waals surface area contributed by atoms with E-state index in [1.807, 2.05) is 44.3 Å². The van der Waals surface area contributed by atoms with E-state index in [4.69, 9.17) is 4.74 Å². The molecule has 6 heteroatoms. The van der Waals surface area contributed by atoms with Crippen molar-refractivity contribution in [2.24, 2.45) is 0 Å². The van der Waals surface area contributed by atoms with E-state index >= 15 is 0 Å². The van der Waals surface area contributed by atoms with Crippen LogP contribution in [0.15, 0.2) is 36.5 Å². The van der Waals surface area contributed by atoms with Crippen LogP contribution in [0.5, 0.6) is 0 Å². The SMILES string of the molecule is Cc1cccc(N2C(=O)OCC2C)c1CNc1cccn2c(C)c(C)nc12. The summed E-state index contributed by atoms with van der Waals surface area (Å²) in [6.45, 7) is 9.18. The van der Waals surface area contributed by atoms with Crippen LogP contribution >= 0.6 is 0 Å². The molecule has 1 fully saturated rings. The molecule has 1 amide bonds. The molecular formula is C21H24N4O2. The summed E-state index contributed by atoms with van der Waals surface area (Å²) in [5.41, 5.74) is 7.17. The zero-order chi connectivity index (χ0) is 19.1. The second-order valence-electron chi connectivity index (χ2n) is 7.12. The van der Waals surface area contributed by atoms with Crippen LogP contribution in [0.4, 0.5) is 16.2 Å².